The quantitative estimate of drug-likeness (QED) is 0.506. The van der Waals surface area contributed by atoms with Crippen LogP contribution in [0.4, 0.5) is 11.6 Å². The number of aryl methyl sites for hydroxylation is 1. The van der Waals surface area contributed by atoms with Crippen LogP contribution < -0.4 is 10.1 Å². The summed E-state index contributed by atoms with van der Waals surface area (Å²) in [7, 11) is 0. The fraction of sp³-hybridized carbons (Fsp3) is 0.333. The van der Waals surface area contributed by atoms with E-state index in [1.165, 1.54) is 0 Å². The molecule has 0 atom stereocenters. The Morgan fingerprint density at radius 1 is 1.09 bits per heavy atom. The molecule has 33 heavy (non-hydrogen) atoms. The van der Waals surface area contributed by atoms with Crippen LogP contribution in [-0.2, 0) is 11.3 Å². The number of hydrogen-bond acceptors (Lipinski definition) is 6. The summed E-state index contributed by atoms with van der Waals surface area (Å²) in [5.41, 5.74) is 3.72. The Kier molecular flexibility index (Phi) is 5.93. The lowest BCUT2D eigenvalue weighted by atomic mass is 10.1. The first kappa shape index (κ1) is 21.0. The van der Waals surface area contributed by atoms with Crippen LogP contribution in [0.2, 0.25) is 0 Å². The number of anilines is 2. The second-order valence-electron chi connectivity index (χ2n) is 8.11. The van der Waals surface area contributed by atoms with E-state index in [-0.39, 0.29) is 5.91 Å². The molecule has 6 rings (SSSR count). The number of fused-ring (bicyclic) bond motifs is 8. The van der Waals surface area contributed by atoms with Gasteiger partial charge in [0.1, 0.15) is 12.4 Å². The molecule has 1 aromatic carbocycles. The molecular formula is C24H27N7O2. The van der Waals surface area contributed by atoms with Gasteiger partial charge in [-0.25, -0.2) is 9.50 Å². The van der Waals surface area contributed by atoms with Crippen LogP contribution in [0.25, 0.3) is 16.8 Å². The van der Waals surface area contributed by atoms with Gasteiger partial charge in [0.25, 0.3) is 0 Å². The number of aromatic nitrogens is 5. The Hall–Kier alpha value is -3.88. The van der Waals surface area contributed by atoms with Crippen molar-refractivity contribution in [2.24, 2.45) is 0 Å². The van der Waals surface area contributed by atoms with Crippen LogP contribution in [0.3, 0.4) is 0 Å². The van der Waals surface area contributed by atoms with Gasteiger partial charge >= 0.3 is 0 Å². The maximum Gasteiger partial charge on any atom is 0.245 e. The summed E-state index contributed by atoms with van der Waals surface area (Å²) in [6.45, 7) is 4.42. The number of nitrogens with one attached hydrogen (secondary N) is 1. The summed E-state index contributed by atoms with van der Waals surface area (Å²) in [6, 6.07) is 12.0. The van der Waals surface area contributed by atoms with Crippen LogP contribution in [0.1, 0.15) is 26.2 Å². The second kappa shape index (κ2) is 9.32. The minimum absolute atomic E-state index is 0.166. The summed E-state index contributed by atoms with van der Waals surface area (Å²) in [5, 5.41) is 12.3. The molecule has 0 fully saturated rings. The first-order valence-corrected chi connectivity index (χ1v) is 11.3. The van der Waals surface area contributed by atoms with Crippen LogP contribution in [0.15, 0.2) is 55.0 Å². The summed E-state index contributed by atoms with van der Waals surface area (Å²) >= 11 is 0. The van der Waals surface area contributed by atoms with Crippen LogP contribution >= 0.6 is 0 Å². The average Bonchev–Trinajstić information content (AvgIpc) is 3.45. The highest BCUT2D eigenvalue weighted by molar-refractivity contribution is 5.76. The molecule has 0 saturated heterocycles. The minimum atomic E-state index is 0.166. The van der Waals surface area contributed by atoms with E-state index in [9.17, 15) is 4.79 Å². The van der Waals surface area contributed by atoms with Gasteiger partial charge in [0, 0.05) is 31.3 Å². The smallest absolute Gasteiger partial charge is 0.245 e. The van der Waals surface area contributed by atoms with Crippen molar-refractivity contribution in [1.82, 2.24) is 29.3 Å². The third-order valence-electron chi connectivity index (χ3n) is 5.70. The standard InChI is InChI=1S/C24H27N7O2/c1-2-4-23(32)29-11-3-12-30-17-19(15-26-30)27-24-25-16-20-7-10-22(31(20)28-24)18-5-8-21(9-6-18)33-14-13-29/h5-10,15-17H,2-4,11-14H2,1H3,(H,27,28). The van der Waals surface area contributed by atoms with Crippen molar-refractivity contribution in [3.05, 3.63) is 55.0 Å². The Morgan fingerprint density at radius 3 is 2.82 bits per heavy atom. The van der Waals surface area contributed by atoms with Crippen LogP contribution in [-0.4, -0.2) is 54.9 Å². The molecule has 170 valence electrons. The van der Waals surface area contributed by atoms with Gasteiger partial charge in [0.2, 0.25) is 11.9 Å². The summed E-state index contributed by atoms with van der Waals surface area (Å²) in [4.78, 5) is 18.9. The van der Waals surface area contributed by atoms with E-state index < -0.39 is 0 Å². The van der Waals surface area contributed by atoms with E-state index in [4.69, 9.17) is 4.74 Å². The monoisotopic (exact) mass is 445 g/mol. The number of hydrogen-bond donors (Lipinski definition) is 1. The van der Waals surface area contributed by atoms with Gasteiger partial charge in [-0.15, -0.1) is 5.10 Å². The van der Waals surface area contributed by atoms with Gasteiger partial charge in [-0.05, 0) is 49.2 Å². The highest BCUT2D eigenvalue weighted by Gasteiger charge is 2.14. The lowest BCUT2D eigenvalue weighted by Crippen LogP contribution is -2.35. The predicted molar refractivity (Wildman–Crippen MR) is 126 cm³/mol. The van der Waals surface area contributed by atoms with Crippen molar-refractivity contribution in [1.29, 1.82) is 0 Å². The third kappa shape index (κ3) is 4.67. The van der Waals surface area contributed by atoms with E-state index in [2.05, 4.69) is 20.5 Å². The number of rotatable bonds is 2. The third-order valence-corrected chi connectivity index (χ3v) is 5.70. The zero-order valence-corrected chi connectivity index (χ0v) is 18.6. The Morgan fingerprint density at radius 2 is 1.97 bits per heavy atom. The van der Waals surface area contributed by atoms with Crippen molar-refractivity contribution in [3.63, 3.8) is 0 Å². The number of amides is 1. The summed E-state index contributed by atoms with van der Waals surface area (Å²) in [6.07, 6.45) is 7.68. The van der Waals surface area contributed by atoms with Crippen molar-refractivity contribution in [2.45, 2.75) is 32.7 Å². The number of nitrogens with zero attached hydrogens (tertiary/aromatic N) is 6. The Bertz CT molecular complexity index is 1250. The average molecular weight is 446 g/mol. The molecule has 0 spiro atoms. The topological polar surface area (TPSA) is 89.6 Å². The number of carbonyl (C=O) groups is 1. The molecule has 2 aliphatic heterocycles. The molecule has 2 aliphatic rings. The molecule has 0 saturated carbocycles. The zero-order chi connectivity index (χ0) is 22.6. The zero-order valence-electron chi connectivity index (χ0n) is 18.6. The molecule has 4 aromatic rings. The number of benzene rings is 1. The van der Waals surface area contributed by atoms with Gasteiger partial charge in [-0.1, -0.05) is 6.92 Å². The van der Waals surface area contributed by atoms with Crippen LogP contribution in [0, 0.1) is 0 Å². The minimum Gasteiger partial charge on any atom is -0.492 e. The summed E-state index contributed by atoms with van der Waals surface area (Å²) < 4.78 is 9.70. The fourth-order valence-electron chi connectivity index (χ4n) is 4.01. The van der Waals surface area contributed by atoms with Crippen LogP contribution in [0.5, 0.6) is 5.75 Å². The van der Waals surface area contributed by atoms with Gasteiger partial charge in [0.05, 0.1) is 35.8 Å². The molecule has 3 aromatic heterocycles. The molecule has 6 bridgehead atoms. The predicted octanol–water partition coefficient (Wildman–Crippen LogP) is 3.75. The second-order valence-corrected chi connectivity index (χ2v) is 8.11. The van der Waals surface area contributed by atoms with E-state index in [0.717, 1.165) is 41.1 Å². The van der Waals surface area contributed by atoms with E-state index in [0.29, 0.717) is 38.6 Å². The van der Waals surface area contributed by atoms with E-state index in [1.807, 2.05) is 63.6 Å². The first-order chi connectivity index (χ1) is 16.2. The maximum atomic E-state index is 12.6. The van der Waals surface area contributed by atoms with Gasteiger partial charge < -0.3 is 15.0 Å². The molecule has 0 unspecified atom stereocenters. The lowest BCUT2D eigenvalue weighted by molar-refractivity contribution is -0.131. The van der Waals surface area contributed by atoms with Gasteiger partial charge in [0.15, 0.2) is 0 Å². The molecule has 5 heterocycles. The molecule has 0 aliphatic carbocycles. The van der Waals surface area contributed by atoms with E-state index >= 15 is 0 Å². The van der Waals surface area contributed by atoms with E-state index in [1.54, 1.807) is 12.4 Å². The van der Waals surface area contributed by atoms with Crippen molar-refractivity contribution in [2.75, 3.05) is 25.0 Å². The molecule has 1 amide bonds. The number of ether oxygens (including phenoxy) is 1. The molecule has 9 nitrogen and oxygen atoms in total. The lowest BCUT2D eigenvalue weighted by Gasteiger charge is -2.23. The fourth-order valence-corrected chi connectivity index (χ4v) is 4.01. The van der Waals surface area contributed by atoms with Crippen molar-refractivity contribution in [3.8, 4) is 17.0 Å². The molecule has 1 N–H and O–H groups in total. The first-order valence-electron chi connectivity index (χ1n) is 11.3. The summed E-state index contributed by atoms with van der Waals surface area (Å²) in [5.74, 6) is 1.44. The number of carbonyl (C=O) groups excluding carboxylic acids is 1. The Balaban J connectivity index is 1.46. The van der Waals surface area contributed by atoms with Crippen molar-refractivity contribution < 1.29 is 9.53 Å². The molecule has 0 radical (unpaired) electrons. The van der Waals surface area contributed by atoms with Crippen molar-refractivity contribution >= 4 is 23.1 Å². The molecule has 9 heteroatoms. The Labute approximate surface area is 192 Å². The molecular weight excluding hydrogens is 418 g/mol. The maximum absolute atomic E-state index is 12.6. The highest BCUT2D eigenvalue weighted by Crippen LogP contribution is 2.25. The van der Waals surface area contributed by atoms with Gasteiger partial charge in [-0.2, -0.15) is 5.10 Å². The largest absolute Gasteiger partial charge is 0.492 e. The van der Waals surface area contributed by atoms with Gasteiger partial charge in [-0.3, -0.25) is 9.48 Å². The normalized spacial score (nSPS) is 14.4. The highest BCUT2D eigenvalue weighted by atomic mass is 16.5. The SMILES string of the molecule is CCCC(=O)N1CCCn2cc(cn2)Nc2ncc3ccc(n3n2)-c2ccc(cc2)OCC1.